The van der Waals surface area contributed by atoms with Crippen molar-refractivity contribution in [1.29, 1.82) is 0 Å². The molecule has 0 bridgehead atoms. The number of hydrogen-bond donors (Lipinski definition) is 1. The van der Waals surface area contributed by atoms with Gasteiger partial charge in [0, 0.05) is 23.5 Å². The molecule has 0 spiro atoms. The van der Waals surface area contributed by atoms with E-state index in [4.69, 9.17) is 0 Å². The van der Waals surface area contributed by atoms with Crippen molar-refractivity contribution in [3.05, 3.63) is 16.6 Å². The van der Waals surface area contributed by atoms with E-state index in [1.807, 2.05) is 18.6 Å². The van der Waals surface area contributed by atoms with Crippen LogP contribution >= 0.6 is 11.3 Å². The molecule has 0 aliphatic carbocycles. The summed E-state index contributed by atoms with van der Waals surface area (Å²) in [6, 6.07) is 0.424. The van der Waals surface area contributed by atoms with Crippen LogP contribution in [0.25, 0.3) is 0 Å². The van der Waals surface area contributed by atoms with Crippen LogP contribution in [0.15, 0.2) is 11.7 Å². The molecule has 1 heterocycles. The van der Waals surface area contributed by atoms with Gasteiger partial charge in [0.25, 0.3) is 0 Å². The molecule has 1 rings (SSSR count). The Hall–Kier alpha value is -0.850. The van der Waals surface area contributed by atoms with E-state index in [1.165, 1.54) is 4.88 Å². The van der Waals surface area contributed by atoms with Gasteiger partial charge in [0.15, 0.2) is 0 Å². The molecule has 1 aromatic heterocycles. The molecule has 0 amide bonds. The lowest BCUT2D eigenvalue weighted by Crippen LogP contribution is -2.19. The summed E-state index contributed by atoms with van der Waals surface area (Å²) < 4.78 is 0. The van der Waals surface area contributed by atoms with E-state index < -0.39 is 0 Å². The largest absolute Gasteiger partial charge is 0.309 e. The standard InChI is InChI=1S/C11H16N2S/c1-3-5-6-7-10(13-4-2)11-8-12-9-14-11/h8-10,13H,4,6-7H2,1-2H3. The molecule has 0 aliphatic rings. The molecule has 1 N–H and O–H groups in total. The second-order valence-corrected chi connectivity index (χ2v) is 3.90. The minimum atomic E-state index is 0.424. The van der Waals surface area contributed by atoms with Gasteiger partial charge in [-0.15, -0.1) is 23.2 Å². The molecule has 1 aromatic rings. The fraction of sp³-hybridized carbons (Fsp3) is 0.545. The predicted octanol–water partition coefficient (Wildman–Crippen LogP) is 2.60. The van der Waals surface area contributed by atoms with Crippen LogP contribution in [0.1, 0.15) is 37.6 Å². The SMILES string of the molecule is CC#CCCC(NCC)c1cncs1. The van der Waals surface area contributed by atoms with Crippen LogP contribution in [0.5, 0.6) is 0 Å². The summed E-state index contributed by atoms with van der Waals surface area (Å²) in [6.07, 6.45) is 3.96. The van der Waals surface area contributed by atoms with E-state index in [0.717, 1.165) is 19.4 Å². The van der Waals surface area contributed by atoms with Crippen molar-refractivity contribution < 1.29 is 0 Å². The maximum absolute atomic E-state index is 4.10. The lowest BCUT2D eigenvalue weighted by Gasteiger charge is -2.13. The van der Waals surface area contributed by atoms with E-state index in [9.17, 15) is 0 Å². The summed E-state index contributed by atoms with van der Waals surface area (Å²) >= 11 is 1.71. The first-order chi connectivity index (χ1) is 6.88. The summed E-state index contributed by atoms with van der Waals surface area (Å²) in [7, 11) is 0. The minimum Gasteiger partial charge on any atom is -0.309 e. The highest BCUT2D eigenvalue weighted by Crippen LogP contribution is 2.21. The van der Waals surface area contributed by atoms with Gasteiger partial charge in [-0.05, 0) is 19.9 Å². The van der Waals surface area contributed by atoms with Gasteiger partial charge < -0.3 is 5.32 Å². The fourth-order valence-corrected chi connectivity index (χ4v) is 2.06. The normalized spacial score (nSPS) is 11.9. The van der Waals surface area contributed by atoms with Crippen molar-refractivity contribution in [3.63, 3.8) is 0 Å². The Labute approximate surface area is 89.8 Å². The Morgan fingerprint density at radius 3 is 3.07 bits per heavy atom. The summed E-state index contributed by atoms with van der Waals surface area (Å²) in [5.74, 6) is 6.01. The maximum atomic E-state index is 4.10. The quantitative estimate of drug-likeness (QED) is 0.752. The topological polar surface area (TPSA) is 24.9 Å². The second-order valence-electron chi connectivity index (χ2n) is 2.98. The highest BCUT2D eigenvalue weighted by atomic mass is 32.1. The summed E-state index contributed by atoms with van der Waals surface area (Å²) in [6.45, 7) is 5.00. The average molecular weight is 208 g/mol. The van der Waals surface area contributed by atoms with Crippen molar-refractivity contribution in [2.45, 2.75) is 32.7 Å². The van der Waals surface area contributed by atoms with Crippen LogP contribution < -0.4 is 5.32 Å². The van der Waals surface area contributed by atoms with E-state index in [-0.39, 0.29) is 0 Å². The Morgan fingerprint density at radius 2 is 2.50 bits per heavy atom. The van der Waals surface area contributed by atoms with Crippen LogP contribution in [0.3, 0.4) is 0 Å². The lowest BCUT2D eigenvalue weighted by molar-refractivity contribution is 0.529. The summed E-state index contributed by atoms with van der Waals surface area (Å²) in [4.78, 5) is 5.41. The first-order valence-corrected chi connectivity index (χ1v) is 5.77. The number of rotatable bonds is 5. The van der Waals surface area contributed by atoms with Crippen LogP contribution in [0, 0.1) is 11.8 Å². The third-order valence-electron chi connectivity index (χ3n) is 1.98. The van der Waals surface area contributed by atoms with Crippen molar-refractivity contribution in [3.8, 4) is 11.8 Å². The predicted molar refractivity (Wildman–Crippen MR) is 61.2 cm³/mol. The molecule has 0 radical (unpaired) electrons. The van der Waals surface area contributed by atoms with E-state index >= 15 is 0 Å². The van der Waals surface area contributed by atoms with Gasteiger partial charge in [-0.1, -0.05) is 6.92 Å². The molecular formula is C11H16N2S. The lowest BCUT2D eigenvalue weighted by atomic mass is 10.1. The maximum Gasteiger partial charge on any atom is 0.0794 e. The van der Waals surface area contributed by atoms with Gasteiger partial charge in [-0.25, -0.2) is 0 Å². The molecule has 0 aromatic carbocycles. The van der Waals surface area contributed by atoms with Gasteiger partial charge in [0.05, 0.1) is 5.51 Å². The van der Waals surface area contributed by atoms with Crippen molar-refractivity contribution in [2.24, 2.45) is 0 Å². The molecular weight excluding hydrogens is 192 g/mol. The molecule has 1 unspecified atom stereocenters. The number of aromatic nitrogens is 1. The Bertz CT molecular complexity index is 295. The Morgan fingerprint density at radius 1 is 1.64 bits per heavy atom. The van der Waals surface area contributed by atoms with E-state index in [1.54, 1.807) is 11.3 Å². The van der Waals surface area contributed by atoms with Gasteiger partial charge in [-0.3, -0.25) is 4.98 Å². The number of nitrogens with zero attached hydrogens (tertiary/aromatic N) is 1. The van der Waals surface area contributed by atoms with Crippen LogP contribution in [-0.4, -0.2) is 11.5 Å². The van der Waals surface area contributed by atoms with Crippen molar-refractivity contribution in [1.82, 2.24) is 10.3 Å². The van der Waals surface area contributed by atoms with Crippen LogP contribution in [0.4, 0.5) is 0 Å². The van der Waals surface area contributed by atoms with Crippen molar-refractivity contribution >= 4 is 11.3 Å². The minimum absolute atomic E-state index is 0.424. The fourth-order valence-electron chi connectivity index (χ4n) is 1.33. The Balaban J connectivity index is 2.50. The van der Waals surface area contributed by atoms with E-state index in [2.05, 4.69) is 29.1 Å². The number of nitrogens with one attached hydrogen (secondary N) is 1. The van der Waals surface area contributed by atoms with Gasteiger partial charge >= 0.3 is 0 Å². The average Bonchev–Trinajstić information content (AvgIpc) is 2.70. The first-order valence-electron chi connectivity index (χ1n) is 4.89. The summed E-state index contributed by atoms with van der Waals surface area (Å²) in [5.41, 5.74) is 1.88. The molecule has 1 atom stereocenters. The number of hydrogen-bond acceptors (Lipinski definition) is 3. The monoisotopic (exact) mass is 208 g/mol. The zero-order valence-corrected chi connectivity index (χ0v) is 9.53. The zero-order valence-electron chi connectivity index (χ0n) is 8.71. The molecule has 0 saturated carbocycles. The molecule has 76 valence electrons. The molecule has 14 heavy (non-hydrogen) atoms. The first kappa shape index (κ1) is 11.2. The third kappa shape index (κ3) is 3.49. The molecule has 0 saturated heterocycles. The molecule has 0 fully saturated rings. The van der Waals surface area contributed by atoms with Gasteiger partial charge in [0.2, 0.25) is 0 Å². The third-order valence-corrected chi connectivity index (χ3v) is 2.87. The zero-order chi connectivity index (χ0) is 10.2. The molecule has 2 nitrogen and oxygen atoms in total. The highest BCUT2D eigenvalue weighted by Gasteiger charge is 2.10. The Kier molecular flexibility index (Phi) is 5.28. The van der Waals surface area contributed by atoms with Gasteiger partial charge in [0.1, 0.15) is 0 Å². The van der Waals surface area contributed by atoms with Crippen LogP contribution in [0.2, 0.25) is 0 Å². The van der Waals surface area contributed by atoms with Gasteiger partial charge in [-0.2, -0.15) is 0 Å². The smallest absolute Gasteiger partial charge is 0.0794 e. The number of thiazole rings is 1. The van der Waals surface area contributed by atoms with Crippen molar-refractivity contribution in [2.75, 3.05) is 6.54 Å². The second kappa shape index (κ2) is 6.58. The molecule has 0 aliphatic heterocycles. The van der Waals surface area contributed by atoms with Crippen LogP contribution in [-0.2, 0) is 0 Å². The molecule has 3 heteroatoms. The summed E-state index contributed by atoms with van der Waals surface area (Å²) in [5, 5.41) is 3.45. The van der Waals surface area contributed by atoms with E-state index in [0.29, 0.717) is 6.04 Å². The highest BCUT2D eigenvalue weighted by molar-refractivity contribution is 7.09.